The second-order valence-corrected chi connectivity index (χ2v) is 3.72. The molecule has 108 valence electrons. The number of hydrogen-bond acceptors (Lipinski definition) is 4. The molecule has 0 radical (unpaired) electrons. The third-order valence-electron chi connectivity index (χ3n) is 1.84. The van der Waals surface area contributed by atoms with Gasteiger partial charge in [0.15, 0.2) is 0 Å². The van der Waals surface area contributed by atoms with Gasteiger partial charge in [0.25, 0.3) is 11.9 Å². The van der Waals surface area contributed by atoms with Crippen molar-refractivity contribution in [3.63, 3.8) is 0 Å². The molecule has 6 nitrogen and oxygen atoms in total. The first-order chi connectivity index (χ1) is 9.23. The van der Waals surface area contributed by atoms with Crippen molar-refractivity contribution < 1.29 is 30.0 Å². The van der Waals surface area contributed by atoms with E-state index in [1.165, 1.54) is 0 Å². The first kappa shape index (κ1) is 17.2. The van der Waals surface area contributed by atoms with Crippen molar-refractivity contribution in [2.24, 2.45) is 0 Å². The van der Waals surface area contributed by atoms with Gasteiger partial charge in [0.05, 0.1) is 0 Å². The predicted octanol–water partition coefficient (Wildman–Crippen LogP) is 2.38. The largest absolute Gasteiger partial charge is 0.508 e. The van der Waals surface area contributed by atoms with Crippen LogP contribution in [0.5, 0.6) is 11.5 Å². The lowest BCUT2D eigenvalue weighted by atomic mass is 10.2. The summed E-state index contributed by atoms with van der Waals surface area (Å²) in [6, 6.07) is 10.1. The van der Waals surface area contributed by atoms with Crippen molar-refractivity contribution in [3.8, 4) is 22.6 Å². The summed E-state index contributed by atoms with van der Waals surface area (Å²) in [6.07, 6.45) is 0. The number of rotatable bonds is 0. The van der Waals surface area contributed by atoms with Crippen molar-refractivity contribution in [1.82, 2.24) is 0 Å². The SMILES string of the molecule is CC(=O)O.CC(=O)O.Oc1cccc2c(O)ccc-2c1. The number of aromatic hydroxyl groups is 2. The van der Waals surface area contributed by atoms with Crippen molar-refractivity contribution in [1.29, 1.82) is 0 Å². The van der Waals surface area contributed by atoms with Gasteiger partial charge in [0.2, 0.25) is 0 Å². The summed E-state index contributed by atoms with van der Waals surface area (Å²) in [5.41, 5.74) is 1.60. The van der Waals surface area contributed by atoms with Gasteiger partial charge in [-0.25, -0.2) is 0 Å². The minimum Gasteiger partial charge on any atom is -0.508 e. The van der Waals surface area contributed by atoms with Crippen LogP contribution in [-0.2, 0) is 9.59 Å². The third-order valence-corrected chi connectivity index (χ3v) is 1.84. The van der Waals surface area contributed by atoms with E-state index in [2.05, 4.69) is 0 Å². The number of carboxylic acid groups (broad SMARTS) is 2. The molecule has 0 aromatic heterocycles. The molecule has 2 aliphatic rings. The fourth-order valence-corrected chi connectivity index (χ4v) is 1.25. The highest BCUT2D eigenvalue weighted by Crippen LogP contribution is 2.33. The number of hydrogen-bond donors (Lipinski definition) is 4. The molecule has 0 aromatic rings. The lowest BCUT2D eigenvalue weighted by Crippen LogP contribution is -1.78. The van der Waals surface area contributed by atoms with Gasteiger partial charge in [0, 0.05) is 19.4 Å². The van der Waals surface area contributed by atoms with Crippen molar-refractivity contribution in [2.75, 3.05) is 0 Å². The maximum Gasteiger partial charge on any atom is 0.300 e. The van der Waals surface area contributed by atoms with E-state index in [9.17, 15) is 10.2 Å². The molecule has 0 aromatic carbocycles. The van der Waals surface area contributed by atoms with Crippen LogP contribution in [0.15, 0.2) is 36.4 Å². The Labute approximate surface area is 115 Å². The second-order valence-electron chi connectivity index (χ2n) is 3.72. The fraction of sp³-hybridized carbons (Fsp3) is 0.143. The molecular formula is C14H16O6. The molecule has 20 heavy (non-hydrogen) atoms. The van der Waals surface area contributed by atoms with E-state index in [0.29, 0.717) is 0 Å². The maximum atomic E-state index is 9.33. The quantitative estimate of drug-likeness (QED) is 0.589. The molecule has 0 fully saturated rings. The van der Waals surface area contributed by atoms with E-state index in [0.717, 1.165) is 25.0 Å². The monoisotopic (exact) mass is 280 g/mol. The Morgan fingerprint density at radius 2 is 1.40 bits per heavy atom. The highest BCUT2D eigenvalue weighted by Gasteiger charge is 2.06. The van der Waals surface area contributed by atoms with Crippen molar-refractivity contribution in [2.45, 2.75) is 13.8 Å². The minimum absolute atomic E-state index is 0.204. The predicted molar refractivity (Wildman–Crippen MR) is 73.0 cm³/mol. The van der Waals surface area contributed by atoms with E-state index in [1.54, 1.807) is 36.4 Å². The van der Waals surface area contributed by atoms with Crippen LogP contribution in [0.4, 0.5) is 0 Å². The van der Waals surface area contributed by atoms with Crippen LogP contribution < -0.4 is 0 Å². The van der Waals surface area contributed by atoms with Gasteiger partial charge < -0.3 is 20.4 Å². The molecule has 4 N–H and O–H groups in total. The Hall–Kier alpha value is -2.76. The van der Waals surface area contributed by atoms with Gasteiger partial charge in [-0.05, 0) is 23.8 Å². The summed E-state index contributed by atoms with van der Waals surface area (Å²) in [5.74, 6) is -1.21. The van der Waals surface area contributed by atoms with Crippen LogP contribution in [0.2, 0.25) is 0 Å². The number of carboxylic acids is 2. The van der Waals surface area contributed by atoms with E-state index in [-0.39, 0.29) is 11.5 Å². The van der Waals surface area contributed by atoms with Gasteiger partial charge in [-0.3, -0.25) is 9.59 Å². The van der Waals surface area contributed by atoms with Gasteiger partial charge in [0.1, 0.15) is 11.5 Å². The standard InChI is InChI=1S/C10H8O2.2C2H4O2/c11-8-2-1-3-9-7(6-8)4-5-10(9)12;2*1-2(3)4/h1-6,11-12H;2*1H3,(H,3,4). The molecular weight excluding hydrogens is 264 g/mol. The zero-order chi connectivity index (χ0) is 15.7. The molecule has 0 heterocycles. The number of aliphatic carboxylic acids is 2. The van der Waals surface area contributed by atoms with Crippen LogP contribution in [0.25, 0.3) is 11.1 Å². The summed E-state index contributed by atoms with van der Waals surface area (Å²) in [4.78, 5) is 18.0. The molecule has 0 spiro atoms. The zero-order valence-corrected chi connectivity index (χ0v) is 11.1. The Bertz CT molecular complexity index is 530. The van der Waals surface area contributed by atoms with Crippen LogP contribution in [0.3, 0.4) is 0 Å². The summed E-state index contributed by atoms with van der Waals surface area (Å²) in [5, 5.41) is 33.4. The van der Waals surface area contributed by atoms with Gasteiger partial charge in [-0.2, -0.15) is 0 Å². The van der Waals surface area contributed by atoms with E-state index in [4.69, 9.17) is 19.8 Å². The summed E-state index contributed by atoms with van der Waals surface area (Å²) in [7, 11) is 0. The molecule has 6 heteroatoms. The van der Waals surface area contributed by atoms with Gasteiger partial charge in [-0.1, -0.05) is 18.2 Å². The first-order valence-electron chi connectivity index (χ1n) is 5.53. The van der Waals surface area contributed by atoms with Crippen molar-refractivity contribution >= 4 is 11.9 Å². The van der Waals surface area contributed by atoms with E-state index < -0.39 is 11.9 Å². The molecule has 0 amide bonds. The average molecular weight is 280 g/mol. The maximum absolute atomic E-state index is 9.33. The zero-order valence-electron chi connectivity index (χ0n) is 11.1. The number of carbonyl (C=O) groups is 2. The molecule has 2 rings (SSSR count). The van der Waals surface area contributed by atoms with Crippen molar-refractivity contribution in [3.05, 3.63) is 36.4 Å². The Morgan fingerprint density at radius 3 is 1.90 bits per heavy atom. The Morgan fingerprint density at radius 1 is 0.900 bits per heavy atom. The highest BCUT2D eigenvalue weighted by atomic mass is 16.4. The fourth-order valence-electron chi connectivity index (χ4n) is 1.25. The normalized spacial score (nSPS) is 8.70. The van der Waals surface area contributed by atoms with Gasteiger partial charge in [-0.15, -0.1) is 0 Å². The summed E-state index contributed by atoms with van der Waals surface area (Å²) < 4.78 is 0. The summed E-state index contributed by atoms with van der Waals surface area (Å²) in [6.45, 7) is 2.17. The van der Waals surface area contributed by atoms with Crippen LogP contribution in [0.1, 0.15) is 13.8 Å². The molecule has 0 aliphatic heterocycles. The average Bonchev–Trinajstić information content (AvgIpc) is 2.52. The smallest absolute Gasteiger partial charge is 0.300 e. The van der Waals surface area contributed by atoms with Crippen LogP contribution >= 0.6 is 0 Å². The molecule has 0 unspecified atom stereocenters. The van der Waals surface area contributed by atoms with Crippen LogP contribution in [-0.4, -0.2) is 32.4 Å². The molecule has 0 saturated carbocycles. The van der Waals surface area contributed by atoms with Crippen LogP contribution in [0, 0.1) is 0 Å². The lowest BCUT2D eigenvalue weighted by molar-refractivity contribution is -0.135. The summed E-state index contributed by atoms with van der Waals surface area (Å²) >= 11 is 0. The minimum atomic E-state index is -0.833. The van der Waals surface area contributed by atoms with E-state index in [1.807, 2.05) is 0 Å². The molecule has 0 saturated heterocycles. The third kappa shape index (κ3) is 7.54. The second kappa shape index (κ2) is 8.36. The number of fused-ring (bicyclic) bond motifs is 1. The lowest BCUT2D eigenvalue weighted by Gasteiger charge is -1.91. The van der Waals surface area contributed by atoms with E-state index >= 15 is 0 Å². The highest BCUT2D eigenvalue weighted by molar-refractivity contribution is 5.74. The molecule has 0 bridgehead atoms. The Kier molecular flexibility index (Phi) is 7.21. The molecule has 0 atom stereocenters. The topological polar surface area (TPSA) is 115 Å². The Balaban J connectivity index is 0.000000380. The molecule has 2 aliphatic carbocycles. The van der Waals surface area contributed by atoms with Gasteiger partial charge >= 0.3 is 0 Å². The first-order valence-corrected chi connectivity index (χ1v) is 5.53.